The molecule has 2 rings (SSSR count). The molecule has 1 aromatic rings. The molecule has 0 heterocycles. The first kappa shape index (κ1) is 15.8. The van der Waals surface area contributed by atoms with Crippen LogP contribution in [-0.4, -0.2) is 13.2 Å². The van der Waals surface area contributed by atoms with Gasteiger partial charge in [0.2, 0.25) is 0 Å². The van der Waals surface area contributed by atoms with Crippen LogP contribution >= 0.6 is 0 Å². The van der Waals surface area contributed by atoms with E-state index in [1.54, 1.807) is 0 Å². The van der Waals surface area contributed by atoms with Crippen molar-refractivity contribution >= 4 is 0 Å². The number of hydrogen-bond donors (Lipinski definition) is 0. The fourth-order valence-electron chi connectivity index (χ4n) is 3.06. The Morgan fingerprint density at radius 3 is 2.52 bits per heavy atom. The molecule has 0 aliphatic heterocycles. The quantitative estimate of drug-likeness (QED) is 0.554. The Labute approximate surface area is 128 Å². The molecule has 2 nitrogen and oxygen atoms in total. The smallest absolute Gasteiger partial charge is 0.0991 e. The van der Waals surface area contributed by atoms with Crippen LogP contribution in [0.2, 0.25) is 0 Å². The first-order valence-electron chi connectivity index (χ1n) is 8.02. The average molecular weight is 283 g/mol. The molecule has 112 valence electrons. The molecular formula is C19H25NO. The summed E-state index contributed by atoms with van der Waals surface area (Å²) in [6.45, 7) is 3.81. The van der Waals surface area contributed by atoms with Crippen molar-refractivity contribution in [1.82, 2.24) is 0 Å². The lowest BCUT2D eigenvalue weighted by Gasteiger charge is -2.28. The molecule has 0 bridgehead atoms. The molecule has 1 saturated carbocycles. The Morgan fingerprint density at radius 2 is 1.90 bits per heavy atom. The Bertz CT molecular complexity index is 475. The van der Waals surface area contributed by atoms with E-state index in [-0.39, 0.29) is 0 Å². The number of allylic oxidation sites excluding steroid dienone is 1. The molecule has 0 saturated heterocycles. The van der Waals surface area contributed by atoms with Gasteiger partial charge >= 0.3 is 0 Å². The molecule has 0 unspecified atom stereocenters. The van der Waals surface area contributed by atoms with Crippen LogP contribution in [0.1, 0.15) is 56.1 Å². The lowest BCUT2D eigenvalue weighted by molar-refractivity contribution is 0.0858. The second-order valence-corrected chi connectivity index (χ2v) is 5.88. The molecule has 0 aromatic heterocycles. The molecule has 0 amide bonds. The van der Waals surface area contributed by atoms with Gasteiger partial charge in [0.05, 0.1) is 18.2 Å². The highest BCUT2D eigenvalue weighted by atomic mass is 16.5. The predicted octanol–water partition coefficient (Wildman–Crippen LogP) is 4.81. The van der Waals surface area contributed by atoms with Gasteiger partial charge in [0.1, 0.15) is 0 Å². The molecule has 0 atom stereocenters. The van der Waals surface area contributed by atoms with Crippen LogP contribution in [0.15, 0.2) is 36.4 Å². The van der Waals surface area contributed by atoms with Crippen LogP contribution in [0.4, 0.5) is 0 Å². The molecule has 2 heteroatoms. The predicted molar refractivity (Wildman–Crippen MR) is 86.1 cm³/mol. The van der Waals surface area contributed by atoms with Crippen LogP contribution in [0.3, 0.4) is 0 Å². The summed E-state index contributed by atoms with van der Waals surface area (Å²) < 4.78 is 5.76. The van der Waals surface area contributed by atoms with E-state index >= 15 is 0 Å². The fourth-order valence-corrected chi connectivity index (χ4v) is 3.06. The van der Waals surface area contributed by atoms with E-state index in [2.05, 4.69) is 30.4 Å². The van der Waals surface area contributed by atoms with Crippen molar-refractivity contribution in [2.75, 3.05) is 13.2 Å². The maximum atomic E-state index is 8.84. The molecule has 1 aliphatic carbocycles. The molecular weight excluding hydrogens is 258 g/mol. The second kappa shape index (κ2) is 8.64. The van der Waals surface area contributed by atoms with E-state index in [0.29, 0.717) is 5.92 Å². The van der Waals surface area contributed by atoms with Gasteiger partial charge in [-0.2, -0.15) is 5.26 Å². The molecule has 1 aliphatic rings. The van der Waals surface area contributed by atoms with Gasteiger partial charge in [-0.15, -0.1) is 0 Å². The van der Waals surface area contributed by atoms with Crippen molar-refractivity contribution in [2.45, 2.75) is 44.9 Å². The summed E-state index contributed by atoms with van der Waals surface area (Å²) in [4.78, 5) is 0. The Kier molecular flexibility index (Phi) is 6.50. The van der Waals surface area contributed by atoms with E-state index in [9.17, 15) is 0 Å². The number of ether oxygens (including phenoxy) is 1. The topological polar surface area (TPSA) is 33.0 Å². The summed E-state index contributed by atoms with van der Waals surface area (Å²) in [7, 11) is 0. The maximum absolute atomic E-state index is 8.84. The highest BCUT2D eigenvalue weighted by Crippen LogP contribution is 2.35. The van der Waals surface area contributed by atoms with E-state index in [1.165, 1.54) is 31.2 Å². The van der Waals surface area contributed by atoms with Crippen molar-refractivity contribution in [3.05, 3.63) is 47.5 Å². The summed E-state index contributed by atoms with van der Waals surface area (Å²) in [6, 6.07) is 10.3. The van der Waals surface area contributed by atoms with Crippen molar-refractivity contribution in [2.24, 2.45) is 5.92 Å². The second-order valence-electron chi connectivity index (χ2n) is 5.88. The maximum Gasteiger partial charge on any atom is 0.0991 e. The molecule has 0 radical (unpaired) electrons. The zero-order valence-corrected chi connectivity index (χ0v) is 12.9. The summed E-state index contributed by atoms with van der Waals surface area (Å²) >= 11 is 0. The minimum absolute atomic E-state index is 0.664. The van der Waals surface area contributed by atoms with Crippen LogP contribution in [0.5, 0.6) is 0 Å². The van der Waals surface area contributed by atoms with Crippen LogP contribution in [-0.2, 0) is 4.74 Å². The first-order chi connectivity index (χ1) is 10.3. The lowest BCUT2D eigenvalue weighted by Crippen LogP contribution is -2.18. The van der Waals surface area contributed by atoms with Crippen molar-refractivity contribution in [3.63, 3.8) is 0 Å². The SMILES string of the molecule is CC=CCCOCC1CCC(c2ccc(C#N)cc2)CC1. The zero-order valence-electron chi connectivity index (χ0n) is 12.9. The van der Waals surface area contributed by atoms with Gasteiger partial charge < -0.3 is 4.74 Å². The van der Waals surface area contributed by atoms with Gasteiger partial charge in [-0.05, 0) is 68.6 Å². The standard InChI is InChI=1S/C19H25NO/c1-2-3-4-13-21-15-17-7-11-19(12-8-17)18-9-5-16(14-20)6-10-18/h2-3,5-6,9-10,17,19H,4,7-8,11-13,15H2,1H3. The van der Waals surface area contributed by atoms with E-state index in [0.717, 1.165) is 31.1 Å². The van der Waals surface area contributed by atoms with Crippen LogP contribution in [0.25, 0.3) is 0 Å². The van der Waals surface area contributed by atoms with Crippen molar-refractivity contribution in [1.29, 1.82) is 5.26 Å². The molecule has 1 fully saturated rings. The monoisotopic (exact) mass is 283 g/mol. The van der Waals surface area contributed by atoms with Gasteiger partial charge in [-0.25, -0.2) is 0 Å². The van der Waals surface area contributed by atoms with Crippen LogP contribution < -0.4 is 0 Å². The summed E-state index contributed by atoms with van der Waals surface area (Å²) in [6.07, 6.45) is 10.3. The number of benzene rings is 1. The zero-order chi connectivity index (χ0) is 14.9. The molecule has 0 N–H and O–H groups in total. The first-order valence-corrected chi connectivity index (χ1v) is 8.02. The minimum Gasteiger partial charge on any atom is -0.381 e. The number of nitrogens with zero attached hydrogens (tertiary/aromatic N) is 1. The Hall–Kier alpha value is -1.59. The number of hydrogen-bond acceptors (Lipinski definition) is 2. The fraction of sp³-hybridized carbons (Fsp3) is 0.526. The summed E-state index contributed by atoms with van der Waals surface area (Å²) in [5.74, 6) is 1.39. The highest BCUT2D eigenvalue weighted by Gasteiger charge is 2.22. The van der Waals surface area contributed by atoms with Gasteiger partial charge in [0.25, 0.3) is 0 Å². The van der Waals surface area contributed by atoms with E-state index in [1.807, 2.05) is 19.1 Å². The van der Waals surface area contributed by atoms with Gasteiger partial charge in [-0.1, -0.05) is 24.3 Å². The Morgan fingerprint density at radius 1 is 1.19 bits per heavy atom. The third-order valence-electron chi connectivity index (χ3n) is 4.38. The van der Waals surface area contributed by atoms with E-state index < -0.39 is 0 Å². The Balaban J connectivity index is 1.71. The number of rotatable bonds is 6. The van der Waals surface area contributed by atoms with Gasteiger partial charge in [0.15, 0.2) is 0 Å². The van der Waals surface area contributed by atoms with Crippen molar-refractivity contribution in [3.8, 4) is 6.07 Å². The third kappa shape index (κ3) is 5.02. The minimum atomic E-state index is 0.664. The van der Waals surface area contributed by atoms with Crippen LogP contribution in [0, 0.1) is 17.2 Å². The van der Waals surface area contributed by atoms with E-state index in [4.69, 9.17) is 10.00 Å². The lowest BCUT2D eigenvalue weighted by atomic mass is 9.79. The molecule has 1 aromatic carbocycles. The number of nitriles is 1. The molecule has 0 spiro atoms. The molecule has 21 heavy (non-hydrogen) atoms. The van der Waals surface area contributed by atoms with Gasteiger partial charge in [0, 0.05) is 6.61 Å². The third-order valence-corrected chi connectivity index (χ3v) is 4.38. The largest absolute Gasteiger partial charge is 0.381 e. The van der Waals surface area contributed by atoms with Gasteiger partial charge in [-0.3, -0.25) is 0 Å². The summed E-state index contributed by atoms with van der Waals surface area (Å²) in [5.41, 5.74) is 2.14. The normalized spacial score (nSPS) is 22.3. The van der Waals surface area contributed by atoms with Crippen molar-refractivity contribution < 1.29 is 4.74 Å². The summed E-state index contributed by atoms with van der Waals surface area (Å²) in [5, 5.41) is 8.84. The average Bonchev–Trinajstić information content (AvgIpc) is 2.55. The highest BCUT2D eigenvalue weighted by molar-refractivity contribution is 5.33.